The number of nitrogens with zero attached hydrogens (tertiary/aromatic N) is 1. The zero-order valence-electron chi connectivity index (χ0n) is 10.4. The zero-order valence-corrected chi connectivity index (χ0v) is 10.4. The van der Waals surface area contributed by atoms with Crippen molar-refractivity contribution in [2.24, 2.45) is 11.7 Å². The predicted octanol–water partition coefficient (Wildman–Crippen LogP) is 1.91. The molecule has 0 spiro atoms. The van der Waals surface area contributed by atoms with Gasteiger partial charge in [-0.1, -0.05) is 26.0 Å². The molecular weight excluding hydrogens is 234 g/mol. The summed E-state index contributed by atoms with van der Waals surface area (Å²) < 4.78 is 0. The lowest BCUT2D eigenvalue weighted by Gasteiger charge is -2.14. The highest BCUT2D eigenvalue weighted by atomic mass is 16.6. The third-order valence-electron chi connectivity index (χ3n) is 2.42. The molecule has 98 valence electrons. The lowest BCUT2D eigenvalue weighted by molar-refractivity contribution is -0.383. The van der Waals surface area contributed by atoms with Crippen LogP contribution in [0.5, 0.6) is 0 Å². The summed E-state index contributed by atoms with van der Waals surface area (Å²) in [5.74, 6) is -0.116. The van der Waals surface area contributed by atoms with Crippen LogP contribution in [0.2, 0.25) is 0 Å². The first-order valence-corrected chi connectivity index (χ1v) is 5.71. The van der Waals surface area contributed by atoms with Gasteiger partial charge in [0.05, 0.1) is 11.0 Å². The van der Waals surface area contributed by atoms with Gasteiger partial charge in [0, 0.05) is 6.07 Å². The van der Waals surface area contributed by atoms with Gasteiger partial charge in [-0.05, 0) is 18.4 Å². The summed E-state index contributed by atoms with van der Waals surface area (Å²) >= 11 is 0. The Labute approximate surface area is 105 Å². The number of hydrogen-bond donors (Lipinski definition) is 2. The van der Waals surface area contributed by atoms with Crippen LogP contribution in [0.1, 0.15) is 20.3 Å². The normalized spacial score (nSPS) is 12.2. The van der Waals surface area contributed by atoms with Gasteiger partial charge in [-0.3, -0.25) is 14.9 Å². The van der Waals surface area contributed by atoms with E-state index in [1.807, 2.05) is 13.8 Å². The molecule has 0 heterocycles. The van der Waals surface area contributed by atoms with E-state index in [1.54, 1.807) is 12.1 Å². The molecular formula is C12H17N3O3. The van der Waals surface area contributed by atoms with E-state index in [0.717, 1.165) is 0 Å². The molecule has 0 radical (unpaired) electrons. The number of anilines is 1. The van der Waals surface area contributed by atoms with E-state index in [-0.39, 0.29) is 17.3 Å². The lowest BCUT2D eigenvalue weighted by atomic mass is 10.0. The van der Waals surface area contributed by atoms with Crippen molar-refractivity contribution >= 4 is 17.3 Å². The van der Waals surface area contributed by atoms with Crippen molar-refractivity contribution in [1.82, 2.24) is 0 Å². The smallest absolute Gasteiger partial charge is 0.292 e. The number of carbonyl (C=O) groups is 1. The first-order valence-electron chi connectivity index (χ1n) is 5.71. The minimum Gasteiger partial charge on any atom is -0.320 e. The van der Waals surface area contributed by atoms with E-state index >= 15 is 0 Å². The molecule has 0 saturated heterocycles. The molecule has 0 aliphatic carbocycles. The van der Waals surface area contributed by atoms with Crippen molar-refractivity contribution in [3.63, 3.8) is 0 Å². The van der Waals surface area contributed by atoms with E-state index < -0.39 is 16.9 Å². The van der Waals surface area contributed by atoms with E-state index in [1.165, 1.54) is 12.1 Å². The maximum Gasteiger partial charge on any atom is 0.292 e. The van der Waals surface area contributed by atoms with Crippen LogP contribution in [-0.4, -0.2) is 16.9 Å². The fraction of sp³-hybridized carbons (Fsp3) is 0.417. The van der Waals surface area contributed by atoms with E-state index in [0.29, 0.717) is 6.42 Å². The van der Waals surface area contributed by atoms with Crippen LogP contribution in [0, 0.1) is 16.0 Å². The van der Waals surface area contributed by atoms with Gasteiger partial charge < -0.3 is 11.1 Å². The Morgan fingerprint density at radius 2 is 2.06 bits per heavy atom. The number of benzene rings is 1. The van der Waals surface area contributed by atoms with Crippen LogP contribution in [0.4, 0.5) is 11.4 Å². The molecule has 0 bridgehead atoms. The number of nitro groups is 1. The number of nitrogens with one attached hydrogen (secondary N) is 1. The number of hydrogen-bond acceptors (Lipinski definition) is 4. The number of rotatable bonds is 5. The summed E-state index contributed by atoms with van der Waals surface area (Å²) in [6.07, 6.45) is 0.534. The third kappa shape index (κ3) is 3.81. The Balaban J connectivity index is 2.79. The summed E-state index contributed by atoms with van der Waals surface area (Å²) in [6, 6.07) is 5.32. The highest BCUT2D eigenvalue weighted by Gasteiger charge is 2.19. The summed E-state index contributed by atoms with van der Waals surface area (Å²) in [5, 5.41) is 13.3. The van der Waals surface area contributed by atoms with Crippen LogP contribution >= 0.6 is 0 Å². The zero-order chi connectivity index (χ0) is 13.7. The van der Waals surface area contributed by atoms with Gasteiger partial charge in [0.15, 0.2) is 0 Å². The minimum atomic E-state index is -0.662. The largest absolute Gasteiger partial charge is 0.320 e. The monoisotopic (exact) mass is 251 g/mol. The van der Waals surface area contributed by atoms with Crippen LogP contribution in [0.25, 0.3) is 0 Å². The topological polar surface area (TPSA) is 98.3 Å². The number of amides is 1. The summed E-state index contributed by atoms with van der Waals surface area (Å²) in [5.41, 5.74) is 5.75. The summed E-state index contributed by atoms with van der Waals surface area (Å²) in [6.45, 7) is 3.91. The molecule has 1 unspecified atom stereocenters. The van der Waals surface area contributed by atoms with Crippen molar-refractivity contribution in [1.29, 1.82) is 0 Å². The third-order valence-corrected chi connectivity index (χ3v) is 2.42. The van der Waals surface area contributed by atoms with Crippen molar-refractivity contribution in [2.75, 3.05) is 5.32 Å². The molecule has 1 aromatic carbocycles. The van der Waals surface area contributed by atoms with E-state index in [9.17, 15) is 14.9 Å². The van der Waals surface area contributed by atoms with Crippen LogP contribution in [0.15, 0.2) is 24.3 Å². The van der Waals surface area contributed by atoms with Gasteiger partial charge in [-0.15, -0.1) is 0 Å². The van der Waals surface area contributed by atoms with Gasteiger partial charge in [0.25, 0.3) is 5.69 Å². The second-order valence-corrected chi connectivity index (χ2v) is 4.50. The quantitative estimate of drug-likeness (QED) is 0.616. The fourth-order valence-corrected chi connectivity index (χ4v) is 1.58. The van der Waals surface area contributed by atoms with Crippen LogP contribution in [0.3, 0.4) is 0 Å². The second-order valence-electron chi connectivity index (χ2n) is 4.50. The first kappa shape index (κ1) is 14.1. The molecule has 1 rings (SSSR count). The van der Waals surface area contributed by atoms with E-state index in [4.69, 9.17) is 5.73 Å². The number of nitrogens with two attached hydrogens (primary N) is 1. The van der Waals surface area contributed by atoms with Crippen molar-refractivity contribution in [3.05, 3.63) is 34.4 Å². The fourth-order valence-electron chi connectivity index (χ4n) is 1.58. The van der Waals surface area contributed by atoms with Crippen molar-refractivity contribution < 1.29 is 9.72 Å². The molecule has 18 heavy (non-hydrogen) atoms. The highest BCUT2D eigenvalue weighted by Crippen LogP contribution is 2.23. The summed E-state index contributed by atoms with van der Waals surface area (Å²) in [4.78, 5) is 22.0. The van der Waals surface area contributed by atoms with Gasteiger partial charge in [-0.2, -0.15) is 0 Å². The Bertz CT molecular complexity index is 446. The maximum absolute atomic E-state index is 11.8. The lowest BCUT2D eigenvalue weighted by Crippen LogP contribution is -2.36. The SMILES string of the molecule is CC(C)CC(N)C(=O)Nc1ccccc1[N+](=O)[O-]. The minimum absolute atomic E-state index is 0.136. The van der Waals surface area contributed by atoms with Crippen molar-refractivity contribution in [2.45, 2.75) is 26.3 Å². The molecule has 0 aliphatic rings. The van der Waals surface area contributed by atoms with Gasteiger partial charge in [0.2, 0.25) is 5.91 Å². The van der Waals surface area contributed by atoms with E-state index in [2.05, 4.69) is 5.32 Å². The van der Waals surface area contributed by atoms with Crippen molar-refractivity contribution in [3.8, 4) is 0 Å². The molecule has 0 aromatic heterocycles. The summed E-state index contributed by atoms with van der Waals surface area (Å²) in [7, 11) is 0. The van der Waals surface area contributed by atoms with Gasteiger partial charge in [-0.25, -0.2) is 0 Å². The Morgan fingerprint density at radius 3 is 2.61 bits per heavy atom. The highest BCUT2D eigenvalue weighted by molar-refractivity contribution is 5.96. The number of carbonyl (C=O) groups excluding carboxylic acids is 1. The van der Waals surface area contributed by atoms with Gasteiger partial charge in [0.1, 0.15) is 5.69 Å². The molecule has 1 amide bonds. The standard InChI is InChI=1S/C12H17N3O3/c1-8(2)7-9(13)12(16)14-10-5-3-4-6-11(10)15(17)18/h3-6,8-9H,7,13H2,1-2H3,(H,14,16). The average molecular weight is 251 g/mol. The van der Waals surface area contributed by atoms with Gasteiger partial charge >= 0.3 is 0 Å². The number of para-hydroxylation sites is 2. The molecule has 6 nitrogen and oxygen atoms in total. The maximum atomic E-state index is 11.8. The molecule has 1 aromatic rings. The Hall–Kier alpha value is -1.95. The van der Waals surface area contributed by atoms with Crippen LogP contribution < -0.4 is 11.1 Å². The Kier molecular flexibility index (Phi) is 4.79. The molecule has 1 atom stereocenters. The molecule has 0 aliphatic heterocycles. The predicted molar refractivity (Wildman–Crippen MR) is 69.2 cm³/mol. The Morgan fingerprint density at radius 1 is 1.44 bits per heavy atom. The average Bonchev–Trinajstić information content (AvgIpc) is 2.28. The molecule has 3 N–H and O–H groups in total. The first-order chi connectivity index (χ1) is 8.41. The van der Waals surface area contributed by atoms with Crippen LogP contribution in [-0.2, 0) is 4.79 Å². The molecule has 0 saturated carbocycles. The molecule has 6 heteroatoms. The second kappa shape index (κ2) is 6.11. The number of nitro benzene ring substituents is 1. The molecule has 0 fully saturated rings.